The van der Waals surface area contributed by atoms with Crippen LogP contribution >= 0.6 is 0 Å². The summed E-state index contributed by atoms with van der Waals surface area (Å²) in [6, 6.07) is 3.53. The van der Waals surface area contributed by atoms with Crippen molar-refractivity contribution in [3.05, 3.63) is 30.1 Å². The van der Waals surface area contributed by atoms with Crippen LogP contribution in [0.1, 0.15) is 42.5 Å². The molecule has 0 N–H and O–H groups in total. The molecule has 2 amide bonds. The van der Waals surface area contributed by atoms with Gasteiger partial charge in [-0.15, -0.1) is 0 Å². The average molecular weight is 344 g/mol. The number of pyridine rings is 1. The van der Waals surface area contributed by atoms with Crippen molar-refractivity contribution in [1.29, 1.82) is 0 Å². The second-order valence-electron chi connectivity index (χ2n) is 7.49. The summed E-state index contributed by atoms with van der Waals surface area (Å²) < 4.78 is 0. The van der Waals surface area contributed by atoms with E-state index in [0.29, 0.717) is 18.5 Å². The first kappa shape index (κ1) is 17.9. The van der Waals surface area contributed by atoms with Gasteiger partial charge < -0.3 is 14.7 Å². The molecule has 25 heavy (non-hydrogen) atoms. The van der Waals surface area contributed by atoms with Crippen LogP contribution in [0.3, 0.4) is 0 Å². The molecule has 3 rings (SSSR count). The third-order valence-electron chi connectivity index (χ3n) is 5.45. The second-order valence-corrected chi connectivity index (χ2v) is 7.49. The number of likely N-dealkylation sites (N-methyl/N-ethyl adjacent to an activating group) is 1. The van der Waals surface area contributed by atoms with E-state index in [9.17, 15) is 9.59 Å². The molecule has 1 atom stereocenters. The van der Waals surface area contributed by atoms with Crippen molar-refractivity contribution >= 4 is 11.8 Å². The van der Waals surface area contributed by atoms with Crippen LogP contribution in [0.2, 0.25) is 0 Å². The predicted molar refractivity (Wildman–Crippen MR) is 96.2 cm³/mol. The van der Waals surface area contributed by atoms with Gasteiger partial charge >= 0.3 is 0 Å². The smallest absolute Gasteiger partial charge is 0.254 e. The molecular formula is C19H28N4O2. The molecule has 2 fully saturated rings. The molecule has 0 aromatic carbocycles. The zero-order valence-electron chi connectivity index (χ0n) is 15.3. The molecule has 0 bridgehead atoms. The minimum Gasteiger partial charge on any atom is -0.336 e. The van der Waals surface area contributed by atoms with E-state index in [1.165, 1.54) is 0 Å². The maximum atomic E-state index is 12.9. The van der Waals surface area contributed by atoms with Crippen molar-refractivity contribution in [2.24, 2.45) is 0 Å². The molecular weight excluding hydrogens is 316 g/mol. The number of hydrogen-bond donors (Lipinski definition) is 0. The van der Waals surface area contributed by atoms with Crippen molar-refractivity contribution in [2.45, 2.75) is 37.6 Å². The van der Waals surface area contributed by atoms with Gasteiger partial charge in [-0.25, -0.2) is 0 Å². The Morgan fingerprint density at radius 2 is 1.96 bits per heavy atom. The fraction of sp³-hybridized carbons (Fsp3) is 0.632. The van der Waals surface area contributed by atoms with Gasteiger partial charge in [-0.05, 0) is 51.9 Å². The monoisotopic (exact) mass is 344 g/mol. The summed E-state index contributed by atoms with van der Waals surface area (Å²) in [5.74, 6) is 0.290. The largest absolute Gasteiger partial charge is 0.336 e. The minimum atomic E-state index is -0.188. The zero-order chi connectivity index (χ0) is 17.9. The number of rotatable bonds is 4. The van der Waals surface area contributed by atoms with Gasteiger partial charge in [-0.2, -0.15) is 0 Å². The van der Waals surface area contributed by atoms with Crippen LogP contribution in [0.25, 0.3) is 0 Å². The van der Waals surface area contributed by atoms with E-state index in [2.05, 4.69) is 14.8 Å². The van der Waals surface area contributed by atoms with Gasteiger partial charge in [0.1, 0.15) is 0 Å². The third-order valence-corrected chi connectivity index (χ3v) is 5.45. The number of carbonyl (C=O) groups excluding carboxylic acids is 2. The van der Waals surface area contributed by atoms with Crippen LogP contribution in [0.15, 0.2) is 24.5 Å². The Balaban J connectivity index is 1.79. The van der Waals surface area contributed by atoms with Crippen molar-refractivity contribution < 1.29 is 9.59 Å². The molecule has 1 aromatic rings. The number of hydrogen-bond acceptors (Lipinski definition) is 4. The number of carbonyl (C=O) groups is 2. The average Bonchev–Trinajstić information content (AvgIpc) is 2.61. The number of amides is 2. The molecule has 2 aliphatic rings. The summed E-state index contributed by atoms with van der Waals surface area (Å²) in [6.07, 6.45) is 7.80. The lowest BCUT2D eigenvalue weighted by atomic mass is 9.79. The van der Waals surface area contributed by atoms with Gasteiger partial charge in [0.05, 0.1) is 5.54 Å². The van der Waals surface area contributed by atoms with Crippen LogP contribution in [0.5, 0.6) is 0 Å². The van der Waals surface area contributed by atoms with Gasteiger partial charge in [0.25, 0.3) is 5.91 Å². The Morgan fingerprint density at radius 1 is 1.24 bits per heavy atom. The predicted octanol–water partition coefficient (Wildman–Crippen LogP) is 1.63. The van der Waals surface area contributed by atoms with Gasteiger partial charge in [0.2, 0.25) is 5.91 Å². The third kappa shape index (κ3) is 3.84. The van der Waals surface area contributed by atoms with Crippen molar-refractivity contribution in [3.63, 3.8) is 0 Å². The second kappa shape index (κ2) is 7.52. The van der Waals surface area contributed by atoms with Crippen molar-refractivity contribution in [3.8, 4) is 0 Å². The molecule has 0 saturated carbocycles. The minimum absolute atomic E-state index is 0.0482. The molecule has 0 unspecified atom stereocenters. The zero-order valence-corrected chi connectivity index (χ0v) is 15.3. The molecule has 3 heterocycles. The molecule has 1 aromatic heterocycles. The Morgan fingerprint density at radius 3 is 2.68 bits per heavy atom. The number of likely N-dealkylation sites (tertiary alicyclic amines) is 2. The molecule has 136 valence electrons. The first-order valence-corrected chi connectivity index (χ1v) is 9.16. The molecule has 6 heteroatoms. The van der Waals surface area contributed by atoms with Crippen LogP contribution in [0, 0.1) is 0 Å². The van der Waals surface area contributed by atoms with E-state index >= 15 is 0 Å². The topological polar surface area (TPSA) is 56.8 Å². The van der Waals surface area contributed by atoms with Crippen LogP contribution in [-0.4, -0.2) is 77.3 Å². The maximum Gasteiger partial charge on any atom is 0.254 e. The summed E-state index contributed by atoms with van der Waals surface area (Å²) in [6.45, 7) is 3.00. The lowest BCUT2D eigenvalue weighted by Crippen LogP contribution is -2.64. The van der Waals surface area contributed by atoms with E-state index < -0.39 is 0 Å². The Kier molecular flexibility index (Phi) is 5.37. The Bertz CT molecular complexity index is 615. The standard InChI is InChI=1S/C19H28N4O2/c1-21(2)13-14-23-17(24)5-3-8-19(23)9-4-12-22(15-19)18(25)16-6-10-20-11-7-16/h6-7,10-11H,3-5,8-9,12-15H2,1-2H3/t19-/m0/s1. The summed E-state index contributed by atoms with van der Waals surface area (Å²) in [5, 5.41) is 0. The van der Waals surface area contributed by atoms with Gasteiger partial charge in [0, 0.05) is 50.6 Å². The van der Waals surface area contributed by atoms with Crippen LogP contribution < -0.4 is 0 Å². The fourth-order valence-corrected chi connectivity index (χ4v) is 4.15. The molecule has 2 aliphatic heterocycles. The lowest BCUT2D eigenvalue weighted by Gasteiger charge is -2.52. The number of aromatic nitrogens is 1. The highest BCUT2D eigenvalue weighted by atomic mass is 16.2. The van der Waals surface area contributed by atoms with E-state index in [-0.39, 0.29) is 17.4 Å². The van der Waals surface area contributed by atoms with Gasteiger partial charge in [0.15, 0.2) is 0 Å². The van der Waals surface area contributed by atoms with E-state index in [4.69, 9.17) is 0 Å². The Labute approximate surface area is 149 Å². The Hall–Kier alpha value is -1.95. The van der Waals surface area contributed by atoms with E-state index in [1.807, 2.05) is 19.0 Å². The summed E-state index contributed by atoms with van der Waals surface area (Å²) in [7, 11) is 4.06. The van der Waals surface area contributed by atoms with Crippen molar-refractivity contribution in [1.82, 2.24) is 19.7 Å². The highest BCUT2D eigenvalue weighted by Crippen LogP contribution is 2.37. The molecule has 6 nitrogen and oxygen atoms in total. The first-order valence-electron chi connectivity index (χ1n) is 9.16. The van der Waals surface area contributed by atoms with E-state index in [0.717, 1.165) is 45.3 Å². The first-order chi connectivity index (χ1) is 12.0. The van der Waals surface area contributed by atoms with Gasteiger partial charge in [-0.1, -0.05) is 0 Å². The molecule has 2 saturated heterocycles. The lowest BCUT2D eigenvalue weighted by molar-refractivity contribution is -0.145. The number of nitrogens with zero attached hydrogens (tertiary/aromatic N) is 4. The summed E-state index contributed by atoms with van der Waals surface area (Å²) in [4.78, 5) is 35.6. The summed E-state index contributed by atoms with van der Waals surface area (Å²) >= 11 is 0. The fourth-order valence-electron chi connectivity index (χ4n) is 4.15. The van der Waals surface area contributed by atoms with Crippen LogP contribution in [-0.2, 0) is 4.79 Å². The SMILES string of the molecule is CN(C)CCN1C(=O)CCC[C@@]12CCCN(C(=O)c1ccncc1)C2. The molecule has 0 radical (unpaired) electrons. The quantitative estimate of drug-likeness (QED) is 0.833. The molecule has 0 aliphatic carbocycles. The molecule has 1 spiro atoms. The normalized spacial score (nSPS) is 24.2. The van der Waals surface area contributed by atoms with Crippen LogP contribution in [0.4, 0.5) is 0 Å². The summed E-state index contributed by atoms with van der Waals surface area (Å²) in [5.41, 5.74) is 0.487. The van der Waals surface area contributed by atoms with Gasteiger partial charge in [-0.3, -0.25) is 14.6 Å². The highest BCUT2D eigenvalue weighted by Gasteiger charge is 2.45. The number of piperidine rings is 2. The van der Waals surface area contributed by atoms with Crippen molar-refractivity contribution in [2.75, 3.05) is 40.3 Å². The van der Waals surface area contributed by atoms with E-state index in [1.54, 1.807) is 24.5 Å². The highest BCUT2D eigenvalue weighted by molar-refractivity contribution is 5.94. The maximum absolute atomic E-state index is 12.9.